The highest BCUT2D eigenvalue weighted by Gasteiger charge is 2.39. The Morgan fingerprint density at radius 3 is 2.71 bits per heavy atom. The number of hydrogen-bond donors (Lipinski definition) is 1. The molecule has 2 rings (SSSR count). The Hall–Kier alpha value is 0.270. The summed E-state index contributed by atoms with van der Waals surface area (Å²) in [5.41, 5.74) is 0. The van der Waals surface area contributed by atoms with E-state index in [0.29, 0.717) is 0 Å². The van der Waals surface area contributed by atoms with Crippen LogP contribution in [0, 0.1) is 17.8 Å². The number of rotatable bonds is 3. The van der Waals surface area contributed by atoms with E-state index in [2.05, 4.69) is 5.32 Å². The summed E-state index contributed by atoms with van der Waals surface area (Å²) >= 11 is 1.50. The maximum absolute atomic E-state index is 10.8. The van der Waals surface area contributed by atoms with Crippen LogP contribution in [0.5, 0.6) is 0 Å². The SMILES string of the molecule is CC(=O)SCC1CNCC1C1CC1.Cl. The summed E-state index contributed by atoms with van der Waals surface area (Å²) in [5, 5.41) is 3.71. The zero-order valence-electron chi connectivity index (χ0n) is 8.49. The van der Waals surface area contributed by atoms with Crippen molar-refractivity contribution < 1.29 is 4.79 Å². The monoisotopic (exact) mass is 235 g/mol. The fourth-order valence-corrected chi connectivity index (χ4v) is 3.05. The van der Waals surface area contributed by atoms with Gasteiger partial charge in [0.15, 0.2) is 5.12 Å². The fourth-order valence-electron chi connectivity index (χ4n) is 2.24. The minimum absolute atomic E-state index is 0. The molecule has 82 valence electrons. The predicted molar refractivity (Wildman–Crippen MR) is 63.0 cm³/mol. The van der Waals surface area contributed by atoms with E-state index < -0.39 is 0 Å². The average Bonchev–Trinajstić information content (AvgIpc) is 2.82. The van der Waals surface area contributed by atoms with Gasteiger partial charge < -0.3 is 5.32 Å². The van der Waals surface area contributed by atoms with Gasteiger partial charge in [0.25, 0.3) is 0 Å². The van der Waals surface area contributed by atoms with Crippen molar-refractivity contribution in [3.8, 4) is 0 Å². The van der Waals surface area contributed by atoms with E-state index in [1.165, 1.54) is 31.1 Å². The van der Waals surface area contributed by atoms with Crippen molar-refractivity contribution in [1.82, 2.24) is 5.32 Å². The van der Waals surface area contributed by atoms with Gasteiger partial charge in [-0.3, -0.25) is 4.79 Å². The van der Waals surface area contributed by atoms with Gasteiger partial charge in [-0.25, -0.2) is 0 Å². The Morgan fingerprint density at radius 1 is 1.43 bits per heavy atom. The van der Waals surface area contributed by atoms with Crippen LogP contribution in [0.15, 0.2) is 0 Å². The van der Waals surface area contributed by atoms with Crippen LogP contribution >= 0.6 is 24.2 Å². The lowest BCUT2D eigenvalue weighted by Gasteiger charge is -2.16. The van der Waals surface area contributed by atoms with Crippen molar-refractivity contribution in [2.24, 2.45) is 17.8 Å². The molecule has 2 nitrogen and oxygen atoms in total. The van der Waals surface area contributed by atoms with E-state index in [1.807, 2.05) is 0 Å². The summed E-state index contributed by atoms with van der Waals surface area (Å²) in [4.78, 5) is 10.8. The molecular formula is C10H18ClNOS. The molecule has 1 heterocycles. The van der Waals surface area contributed by atoms with E-state index in [4.69, 9.17) is 0 Å². The molecule has 1 aliphatic carbocycles. The van der Waals surface area contributed by atoms with Crippen LogP contribution in [0.25, 0.3) is 0 Å². The van der Waals surface area contributed by atoms with E-state index >= 15 is 0 Å². The molecule has 14 heavy (non-hydrogen) atoms. The van der Waals surface area contributed by atoms with Crippen molar-refractivity contribution in [1.29, 1.82) is 0 Å². The van der Waals surface area contributed by atoms with Crippen LogP contribution < -0.4 is 5.32 Å². The molecule has 0 radical (unpaired) electrons. The number of carbonyl (C=O) groups excluding carboxylic acids is 1. The van der Waals surface area contributed by atoms with Gasteiger partial charge in [-0.05, 0) is 43.7 Å². The molecule has 2 unspecified atom stereocenters. The number of carbonyl (C=O) groups is 1. The summed E-state index contributed by atoms with van der Waals surface area (Å²) in [6.07, 6.45) is 2.85. The number of halogens is 1. The Bertz CT molecular complexity index is 208. The third-order valence-electron chi connectivity index (χ3n) is 3.12. The zero-order chi connectivity index (χ0) is 9.26. The van der Waals surface area contributed by atoms with Crippen molar-refractivity contribution in [2.45, 2.75) is 19.8 Å². The highest BCUT2D eigenvalue weighted by molar-refractivity contribution is 8.13. The number of thioether (sulfide) groups is 1. The molecule has 2 fully saturated rings. The summed E-state index contributed by atoms with van der Waals surface area (Å²) in [6, 6.07) is 0. The van der Waals surface area contributed by atoms with Crippen LogP contribution in [0.2, 0.25) is 0 Å². The van der Waals surface area contributed by atoms with Crippen molar-refractivity contribution >= 4 is 29.3 Å². The molecule has 1 saturated carbocycles. The first-order chi connectivity index (χ1) is 6.27. The molecule has 1 aliphatic heterocycles. The summed E-state index contributed by atoms with van der Waals surface area (Å²) in [5.74, 6) is 3.63. The molecule has 0 bridgehead atoms. The van der Waals surface area contributed by atoms with Gasteiger partial charge in [-0.2, -0.15) is 0 Å². The minimum atomic E-state index is 0. The summed E-state index contributed by atoms with van der Waals surface area (Å²) in [7, 11) is 0. The van der Waals surface area contributed by atoms with E-state index in [9.17, 15) is 4.79 Å². The molecule has 0 aromatic heterocycles. The molecule has 4 heteroatoms. The Morgan fingerprint density at radius 2 is 2.14 bits per heavy atom. The zero-order valence-corrected chi connectivity index (χ0v) is 10.1. The maximum atomic E-state index is 10.8. The number of hydrogen-bond acceptors (Lipinski definition) is 3. The minimum Gasteiger partial charge on any atom is -0.316 e. The molecule has 0 aromatic rings. The molecule has 0 spiro atoms. The second-order valence-electron chi connectivity index (χ2n) is 4.22. The van der Waals surface area contributed by atoms with Crippen LogP contribution in [0.4, 0.5) is 0 Å². The first kappa shape index (κ1) is 12.3. The Labute approximate surface area is 96.0 Å². The second kappa shape index (κ2) is 5.38. The Balaban J connectivity index is 0.000000980. The highest BCUT2D eigenvalue weighted by atomic mass is 35.5. The molecule has 0 aromatic carbocycles. The van der Waals surface area contributed by atoms with Gasteiger partial charge in [0, 0.05) is 12.7 Å². The first-order valence-corrected chi connectivity index (χ1v) is 6.10. The van der Waals surface area contributed by atoms with E-state index in [1.54, 1.807) is 6.92 Å². The van der Waals surface area contributed by atoms with Gasteiger partial charge in [0.05, 0.1) is 0 Å². The topological polar surface area (TPSA) is 29.1 Å². The van der Waals surface area contributed by atoms with Gasteiger partial charge >= 0.3 is 0 Å². The third-order valence-corrected chi connectivity index (χ3v) is 4.12. The first-order valence-electron chi connectivity index (χ1n) is 5.11. The average molecular weight is 236 g/mol. The Kier molecular flexibility index (Phi) is 4.74. The second-order valence-corrected chi connectivity index (χ2v) is 5.42. The standard InChI is InChI=1S/C10H17NOS.ClH/c1-7(12)13-6-9-4-11-5-10(9)8-2-3-8;/h8-11H,2-6H2,1H3;1H. The largest absolute Gasteiger partial charge is 0.316 e. The third kappa shape index (κ3) is 3.14. The van der Waals surface area contributed by atoms with Crippen molar-refractivity contribution in [2.75, 3.05) is 18.8 Å². The normalized spacial score (nSPS) is 31.2. The smallest absolute Gasteiger partial charge is 0.185 e. The van der Waals surface area contributed by atoms with E-state index in [0.717, 1.165) is 30.1 Å². The molecule has 2 atom stereocenters. The van der Waals surface area contributed by atoms with E-state index in [-0.39, 0.29) is 17.5 Å². The quantitative estimate of drug-likeness (QED) is 0.811. The summed E-state index contributed by atoms with van der Waals surface area (Å²) in [6.45, 7) is 3.98. The maximum Gasteiger partial charge on any atom is 0.185 e. The molecule has 1 saturated heterocycles. The molecule has 0 amide bonds. The van der Waals surface area contributed by atoms with Gasteiger partial charge in [-0.1, -0.05) is 11.8 Å². The van der Waals surface area contributed by atoms with Gasteiger partial charge in [0.2, 0.25) is 0 Å². The van der Waals surface area contributed by atoms with Gasteiger partial charge in [-0.15, -0.1) is 12.4 Å². The van der Waals surface area contributed by atoms with Crippen LogP contribution in [-0.4, -0.2) is 24.0 Å². The predicted octanol–water partition coefficient (Wildman–Crippen LogP) is 1.93. The van der Waals surface area contributed by atoms with Crippen LogP contribution in [0.3, 0.4) is 0 Å². The number of nitrogens with one attached hydrogen (secondary N) is 1. The molecule has 2 aliphatic rings. The fraction of sp³-hybridized carbons (Fsp3) is 0.900. The lowest BCUT2D eigenvalue weighted by atomic mass is 9.93. The molecular weight excluding hydrogens is 218 g/mol. The van der Waals surface area contributed by atoms with Crippen molar-refractivity contribution in [3.05, 3.63) is 0 Å². The van der Waals surface area contributed by atoms with Crippen molar-refractivity contribution in [3.63, 3.8) is 0 Å². The van der Waals surface area contributed by atoms with Crippen LogP contribution in [0.1, 0.15) is 19.8 Å². The molecule has 1 N–H and O–H groups in total. The van der Waals surface area contributed by atoms with Crippen LogP contribution in [-0.2, 0) is 4.79 Å². The summed E-state index contributed by atoms with van der Waals surface area (Å²) < 4.78 is 0. The lowest BCUT2D eigenvalue weighted by molar-refractivity contribution is -0.109. The highest BCUT2D eigenvalue weighted by Crippen LogP contribution is 2.42. The van der Waals surface area contributed by atoms with Gasteiger partial charge in [0.1, 0.15) is 0 Å². The lowest BCUT2D eigenvalue weighted by Crippen LogP contribution is -2.17.